The zero-order valence-corrected chi connectivity index (χ0v) is 10.2. The first-order valence-corrected chi connectivity index (χ1v) is 5.81. The Morgan fingerprint density at radius 1 is 1.18 bits per heavy atom. The molecule has 0 saturated carbocycles. The highest BCUT2D eigenvalue weighted by Gasteiger charge is 2.00. The van der Waals surface area contributed by atoms with Gasteiger partial charge in [0.25, 0.3) is 0 Å². The lowest BCUT2D eigenvalue weighted by Gasteiger charge is -2.13. The molecule has 0 aliphatic carbocycles. The van der Waals surface area contributed by atoms with E-state index in [4.69, 9.17) is 0 Å². The summed E-state index contributed by atoms with van der Waals surface area (Å²) in [4.78, 5) is 6.62. The highest BCUT2D eigenvalue weighted by molar-refractivity contribution is 5.73. The molecule has 0 bridgehead atoms. The van der Waals surface area contributed by atoms with E-state index >= 15 is 0 Å². The molecule has 2 aromatic rings. The van der Waals surface area contributed by atoms with Crippen molar-refractivity contribution in [1.29, 1.82) is 0 Å². The lowest BCUT2D eigenvalue weighted by atomic mass is 10.3. The Labute approximate surface area is 101 Å². The minimum Gasteiger partial charge on any atom is -0.352 e. The van der Waals surface area contributed by atoms with Crippen LogP contribution in [-0.2, 0) is 0 Å². The summed E-state index contributed by atoms with van der Waals surface area (Å²) in [5, 5.41) is 11.3. The molecule has 17 heavy (non-hydrogen) atoms. The predicted molar refractivity (Wildman–Crippen MR) is 69.0 cm³/mol. The summed E-state index contributed by atoms with van der Waals surface area (Å²) in [6, 6.07) is 7.73. The van der Waals surface area contributed by atoms with Gasteiger partial charge in [-0.2, -0.15) is 0 Å². The van der Waals surface area contributed by atoms with E-state index in [0.717, 1.165) is 30.7 Å². The van der Waals surface area contributed by atoms with Gasteiger partial charge < -0.3 is 10.2 Å². The number of fused-ring (bicyclic) bond motifs is 1. The van der Waals surface area contributed by atoms with Gasteiger partial charge >= 0.3 is 0 Å². The third-order valence-electron chi connectivity index (χ3n) is 2.68. The number of para-hydroxylation sites is 1. The summed E-state index contributed by atoms with van der Waals surface area (Å²) >= 11 is 0. The molecule has 0 spiro atoms. The molecule has 2 rings (SSSR count). The molecular formula is C12H17N5. The van der Waals surface area contributed by atoms with E-state index in [0.29, 0.717) is 5.95 Å². The smallest absolute Gasteiger partial charge is 0.243 e. The molecule has 90 valence electrons. The van der Waals surface area contributed by atoms with Gasteiger partial charge in [-0.25, -0.2) is 4.98 Å². The fourth-order valence-corrected chi connectivity index (χ4v) is 1.47. The minimum atomic E-state index is 0.591. The molecule has 5 heteroatoms. The Kier molecular flexibility index (Phi) is 3.82. The van der Waals surface area contributed by atoms with E-state index in [1.165, 1.54) is 0 Å². The van der Waals surface area contributed by atoms with E-state index < -0.39 is 0 Å². The molecule has 0 aliphatic heterocycles. The highest BCUT2D eigenvalue weighted by Crippen LogP contribution is 2.08. The van der Waals surface area contributed by atoms with Crippen molar-refractivity contribution in [2.75, 3.05) is 32.0 Å². The third kappa shape index (κ3) is 3.10. The number of hydrogen-bond acceptors (Lipinski definition) is 5. The van der Waals surface area contributed by atoms with Crippen molar-refractivity contribution in [2.45, 2.75) is 6.92 Å². The summed E-state index contributed by atoms with van der Waals surface area (Å²) < 4.78 is 0. The SMILES string of the molecule is CCN(C)CCNc1nnc2ccccc2n1. The number of anilines is 1. The maximum absolute atomic E-state index is 4.39. The number of likely N-dealkylation sites (N-methyl/N-ethyl adjacent to an activating group) is 1. The fraction of sp³-hybridized carbons (Fsp3) is 0.417. The van der Waals surface area contributed by atoms with Crippen LogP contribution in [0, 0.1) is 0 Å². The van der Waals surface area contributed by atoms with Gasteiger partial charge in [-0.05, 0) is 25.7 Å². The average Bonchev–Trinajstić information content (AvgIpc) is 2.38. The average molecular weight is 231 g/mol. The summed E-state index contributed by atoms with van der Waals surface area (Å²) in [6.45, 7) is 4.96. The van der Waals surface area contributed by atoms with Crippen LogP contribution >= 0.6 is 0 Å². The molecule has 0 atom stereocenters. The lowest BCUT2D eigenvalue weighted by molar-refractivity contribution is 0.367. The van der Waals surface area contributed by atoms with E-state index in [1.807, 2.05) is 24.3 Å². The first kappa shape index (κ1) is 11.7. The Bertz CT molecular complexity index is 485. The topological polar surface area (TPSA) is 53.9 Å². The molecule has 0 fully saturated rings. The van der Waals surface area contributed by atoms with Crippen LogP contribution in [0.2, 0.25) is 0 Å². The van der Waals surface area contributed by atoms with Gasteiger partial charge in [-0.3, -0.25) is 0 Å². The van der Waals surface area contributed by atoms with Crippen molar-refractivity contribution < 1.29 is 0 Å². The van der Waals surface area contributed by atoms with Crippen LogP contribution in [0.4, 0.5) is 5.95 Å². The molecule has 0 unspecified atom stereocenters. The summed E-state index contributed by atoms with van der Waals surface area (Å²) in [5.74, 6) is 0.591. The number of nitrogens with one attached hydrogen (secondary N) is 1. The monoisotopic (exact) mass is 231 g/mol. The number of hydrogen-bond donors (Lipinski definition) is 1. The quantitative estimate of drug-likeness (QED) is 0.842. The summed E-state index contributed by atoms with van der Waals surface area (Å²) in [6.07, 6.45) is 0. The van der Waals surface area contributed by atoms with Crippen molar-refractivity contribution in [3.63, 3.8) is 0 Å². The van der Waals surface area contributed by atoms with E-state index in [-0.39, 0.29) is 0 Å². The molecule has 0 amide bonds. The van der Waals surface area contributed by atoms with E-state index in [2.05, 4.69) is 39.4 Å². The first-order valence-electron chi connectivity index (χ1n) is 5.81. The summed E-state index contributed by atoms with van der Waals surface area (Å²) in [5.41, 5.74) is 1.69. The van der Waals surface area contributed by atoms with Crippen LogP contribution in [-0.4, -0.2) is 46.8 Å². The maximum atomic E-state index is 4.39. The summed E-state index contributed by atoms with van der Waals surface area (Å²) in [7, 11) is 2.08. The van der Waals surface area contributed by atoms with Crippen molar-refractivity contribution in [2.24, 2.45) is 0 Å². The molecule has 1 heterocycles. The third-order valence-corrected chi connectivity index (χ3v) is 2.68. The zero-order chi connectivity index (χ0) is 12.1. The van der Waals surface area contributed by atoms with Gasteiger partial charge in [0.2, 0.25) is 5.95 Å². The van der Waals surface area contributed by atoms with Gasteiger partial charge in [0.1, 0.15) is 5.52 Å². The fourth-order valence-electron chi connectivity index (χ4n) is 1.47. The van der Waals surface area contributed by atoms with Gasteiger partial charge in [-0.15, -0.1) is 10.2 Å². The largest absolute Gasteiger partial charge is 0.352 e. The van der Waals surface area contributed by atoms with Crippen molar-refractivity contribution in [3.05, 3.63) is 24.3 Å². The van der Waals surface area contributed by atoms with Crippen molar-refractivity contribution in [1.82, 2.24) is 20.1 Å². The normalized spacial score (nSPS) is 11.0. The van der Waals surface area contributed by atoms with Gasteiger partial charge in [0.15, 0.2) is 0 Å². The number of benzene rings is 1. The van der Waals surface area contributed by atoms with Crippen LogP contribution in [0.1, 0.15) is 6.92 Å². The first-order chi connectivity index (χ1) is 8.29. The molecule has 0 radical (unpaired) electrons. The highest BCUT2D eigenvalue weighted by atomic mass is 15.2. The van der Waals surface area contributed by atoms with Crippen LogP contribution in [0.25, 0.3) is 11.0 Å². The molecule has 5 nitrogen and oxygen atoms in total. The second-order valence-electron chi connectivity index (χ2n) is 3.95. The second kappa shape index (κ2) is 5.54. The molecule has 1 N–H and O–H groups in total. The predicted octanol–water partition coefficient (Wildman–Crippen LogP) is 1.39. The van der Waals surface area contributed by atoms with E-state index in [1.54, 1.807) is 0 Å². The number of nitrogens with zero attached hydrogens (tertiary/aromatic N) is 4. The van der Waals surface area contributed by atoms with Crippen LogP contribution in [0.5, 0.6) is 0 Å². The minimum absolute atomic E-state index is 0.591. The molecule has 0 aliphatic rings. The number of aromatic nitrogens is 3. The molecule has 1 aromatic heterocycles. The molecule has 0 saturated heterocycles. The Hall–Kier alpha value is -1.75. The zero-order valence-electron chi connectivity index (χ0n) is 10.2. The van der Waals surface area contributed by atoms with Crippen LogP contribution in [0.15, 0.2) is 24.3 Å². The maximum Gasteiger partial charge on any atom is 0.243 e. The van der Waals surface area contributed by atoms with Gasteiger partial charge in [0.05, 0.1) is 5.52 Å². The second-order valence-corrected chi connectivity index (χ2v) is 3.95. The Balaban J connectivity index is 1.99. The Morgan fingerprint density at radius 2 is 1.94 bits per heavy atom. The van der Waals surface area contributed by atoms with E-state index in [9.17, 15) is 0 Å². The van der Waals surface area contributed by atoms with Crippen LogP contribution < -0.4 is 5.32 Å². The lowest BCUT2D eigenvalue weighted by Crippen LogP contribution is -2.25. The van der Waals surface area contributed by atoms with Crippen molar-refractivity contribution in [3.8, 4) is 0 Å². The standard InChI is InChI=1S/C12H17N5/c1-3-17(2)9-8-13-12-14-10-6-4-5-7-11(10)15-16-12/h4-7H,3,8-9H2,1-2H3,(H,13,14,16). The van der Waals surface area contributed by atoms with Gasteiger partial charge in [0, 0.05) is 13.1 Å². The van der Waals surface area contributed by atoms with Crippen molar-refractivity contribution >= 4 is 17.0 Å². The van der Waals surface area contributed by atoms with Crippen LogP contribution in [0.3, 0.4) is 0 Å². The number of rotatable bonds is 5. The Morgan fingerprint density at radius 3 is 2.71 bits per heavy atom. The van der Waals surface area contributed by atoms with Gasteiger partial charge in [-0.1, -0.05) is 19.1 Å². The molecular weight excluding hydrogens is 214 g/mol. The molecule has 1 aromatic carbocycles.